The van der Waals surface area contributed by atoms with Gasteiger partial charge in [-0.15, -0.1) is 5.10 Å². The molecule has 1 aliphatic heterocycles. The van der Waals surface area contributed by atoms with Crippen molar-refractivity contribution in [1.29, 1.82) is 0 Å². The number of aryl methyl sites for hydroxylation is 2. The Balaban J connectivity index is 1.66. The third-order valence-electron chi connectivity index (χ3n) is 4.07. The second-order valence-electron chi connectivity index (χ2n) is 5.70. The Kier molecular flexibility index (Phi) is 4.31. The van der Waals surface area contributed by atoms with Crippen LogP contribution in [0.5, 0.6) is 0 Å². The van der Waals surface area contributed by atoms with Gasteiger partial charge in [0.2, 0.25) is 0 Å². The zero-order valence-electron chi connectivity index (χ0n) is 12.8. The lowest BCUT2D eigenvalue weighted by molar-refractivity contribution is -0.160. The topological polar surface area (TPSA) is 99.2 Å². The number of rotatable bonds is 6. The molecule has 23 heavy (non-hydrogen) atoms. The summed E-state index contributed by atoms with van der Waals surface area (Å²) < 4.78 is 8.76. The molecule has 3 heterocycles. The number of aromatic nitrogens is 4. The number of carboxylic acid groups (broad SMARTS) is 1. The first-order chi connectivity index (χ1) is 11.0. The summed E-state index contributed by atoms with van der Waals surface area (Å²) >= 11 is 1.18. The quantitative estimate of drug-likeness (QED) is 0.832. The molecule has 0 aromatic carbocycles. The van der Waals surface area contributed by atoms with Crippen molar-refractivity contribution in [2.24, 2.45) is 0 Å². The van der Waals surface area contributed by atoms with Crippen LogP contribution in [0.2, 0.25) is 0 Å². The molecule has 3 rings (SSSR count). The third kappa shape index (κ3) is 3.20. The third-order valence-corrected chi connectivity index (χ3v) is 4.96. The lowest BCUT2D eigenvalue weighted by Gasteiger charge is -2.21. The van der Waals surface area contributed by atoms with Gasteiger partial charge in [-0.25, -0.2) is 4.79 Å². The number of nitrogens with zero attached hydrogens (tertiary/aromatic N) is 4. The van der Waals surface area contributed by atoms with Crippen LogP contribution in [-0.2, 0) is 29.0 Å². The van der Waals surface area contributed by atoms with Gasteiger partial charge in [-0.05, 0) is 19.8 Å². The fraction of sp³-hybridized carbons (Fsp3) is 0.571. The van der Waals surface area contributed by atoms with Gasteiger partial charge in [-0.1, -0.05) is 16.6 Å². The van der Waals surface area contributed by atoms with E-state index in [1.807, 2.05) is 12.3 Å². The Hall–Kier alpha value is -2.00. The molecule has 124 valence electrons. The largest absolute Gasteiger partial charge is 0.479 e. The fourth-order valence-corrected chi connectivity index (χ4v) is 3.54. The van der Waals surface area contributed by atoms with Gasteiger partial charge in [0.15, 0.2) is 5.60 Å². The molecule has 0 spiro atoms. The van der Waals surface area contributed by atoms with Crippen molar-refractivity contribution < 1.29 is 14.6 Å². The molecule has 9 heteroatoms. The molecule has 0 amide bonds. The minimum atomic E-state index is -1.18. The molecule has 1 unspecified atom stereocenters. The number of hydrogen-bond donors (Lipinski definition) is 1. The highest BCUT2D eigenvalue weighted by Crippen LogP contribution is 2.29. The molecule has 0 radical (unpaired) electrons. The minimum Gasteiger partial charge on any atom is -0.479 e. The van der Waals surface area contributed by atoms with Crippen LogP contribution in [0.15, 0.2) is 16.4 Å². The summed E-state index contributed by atoms with van der Waals surface area (Å²) in [7, 11) is 0. The lowest BCUT2D eigenvalue weighted by Crippen LogP contribution is -2.40. The number of ether oxygens (including phenoxy) is 1. The average Bonchev–Trinajstić information content (AvgIpc) is 3.21. The van der Waals surface area contributed by atoms with Crippen LogP contribution in [0.25, 0.3) is 0 Å². The number of thiazole rings is 1. The lowest BCUT2D eigenvalue weighted by atomic mass is 9.95. The van der Waals surface area contributed by atoms with Crippen LogP contribution in [-0.4, -0.2) is 42.8 Å². The highest BCUT2D eigenvalue weighted by molar-refractivity contribution is 7.07. The molecule has 2 aromatic heterocycles. The van der Waals surface area contributed by atoms with E-state index in [1.54, 1.807) is 15.4 Å². The Morgan fingerprint density at radius 1 is 1.52 bits per heavy atom. The predicted molar refractivity (Wildman–Crippen MR) is 82.6 cm³/mol. The Labute approximate surface area is 136 Å². The molecule has 1 atom stereocenters. The van der Waals surface area contributed by atoms with E-state index >= 15 is 0 Å². The minimum absolute atomic E-state index is 0.00650. The summed E-state index contributed by atoms with van der Waals surface area (Å²) in [6.45, 7) is 3.36. The second-order valence-corrected chi connectivity index (χ2v) is 6.52. The standard InChI is InChI=1S/C14H18N4O4S/c1-10-9-23-13(21)18(10)5-4-17-8-11(15-16-17)7-14(12(19)20)3-2-6-22-14/h8-9H,2-7H2,1H3,(H,19,20). The van der Waals surface area contributed by atoms with E-state index in [-0.39, 0.29) is 11.3 Å². The van der Waals surface area contributed by atoms with Gasteiger partial charge in [-0.3, -0.25) is 9.48 Å². The summed E-state index contributed by atoms with van der Waals surface area (Å²) in [5.41, 5.74) is 0.329. The van der Waals surface area contributed by atoms with Crippen molar-refractivity contribution >= 4 is 17.3 Å². The SMILES string of the molecule is Cc1csc(=O)n1CCn1cc(CC2(C(=O)O)CCCO2)nn1. The molecule has 0 bridgehead atoms. The van der Waals surface area contributed by atoms with Gasteiger partial charge < -0.3 is 14.4 Å². The smallest absolute Gasteiger partial charge is 0.336 e. The van der Waals surface area contributed by atoms with Crippen molar-refractivity contribution in [2.75, 3.05) is 6.61 Å². The first-order valence-electron chi connectivity index (χ1n) is 7.41. The van der Waals surface area contributed by atoms with Crippen LogP contribution < -0.4 is 4.87 Å². The first kappa shape index (κ1) is 15.9. The maximum atomic E-state index is 11.7. The van der Waals surface area contributed by atoms with Gasteiger partial charge in [0.25, 0.3) is 0 Å². The summed E-state index contributed by atoms with van der Waals surface area (Å²) in [5.74, 6) is -0.954. The van der Waals surface area contributed by atoms with Gasteiger partial charge >= 0.3 is 10.8 Å². The molecule has 1 N–H and O–H groups in total. The Morgan fingerprint density at radius 3 is 2.96 bits per heavy atom. The molecule has 0 saturated carbocycles. The normalized spacial score (nSPS) is 20.9. The van der Waals surface area contributed by atoms with E-state index in [4.69, 9.17) is 4.74 Å². The highest BCUT2D eigenvalue weighted by atomic mass is 32.1. The highest BCUT2D eigenvalue weighted by Gasteiger charge is 2.43. The average molecular weight is 338 g/mol. The Bertz CT molecular complexity index is 757. The van der Waals surface area contributed by atoms with Crippen molar-refractivity contribution in [3.63, 3.8) is 0 Å². The van der Waals surface area contributed by atoms with Crippen molar-refractivity contribution in [1.82, 2.24) is 19.6 Å². The second kappa shape index (κ2) is 6.25. The van der Waals surface area contributed by atoms with E-state index in [1.165, 1.54) is 11.3 Å². The van der Waals surface area contributed by atoms with Gasteiger partial charge in [-0.2, -0.15) is 0 Å². The van der Waals surface area contributed by atoms with Crippen molar-refractivity contribution in [2.45, 2.75) is 44.9 Å². The van der Waals surface area contributed by atoms with E-state index < -0.39 is 11.6 Å². The van der Waals surface area contributed by atoms with Crippen LogP contribution in [0, 0.1) is 6.92 Å². The van der Waals surface area contributed by atoms with E-state index in [0.717, 1.165) is 12.1 Å². The first-order valence-corrected chi connectivity index (χ1v) is 8.29. The maximum absolute atomic E-state index is 11.7. The fourth-order valence-electron chi connectivity index (χ4n) is 2.78. The maximum Gasteiger partial charge on any atom is 0.336 e. The molecule has 0 aliphatic carbocycles. The van der Waals surface area contributed by atoms with Crippen molar-refractivity contribution in [3.05, 3.63) is 32.6 Å². The number of carboxylic acids is 1. The van der Waals surface area contributed by atoms with Gasteiger partial charge in [0.05, 0.1) is 12.2 Å². The zero-order valence-corrected chi connectivity index (χ0v) is 13.6. The van der Waals surface area contributed by atoms with Gasteiger partial charge in [0, 0.05) is 36.8 Å². The van der Waals surface area contributed by atoms with Crippen molar-refractivity contribution in [3.8, 4) is 0 Å². The van der Waals surface area contributed by atoms with E-state index in [2.05, 4.69) is 10.3 Å². The Morgan fingerprint density at radius 2 is 2.35 bits per heavy atom. The summed E-state index contributed by atoms with van der Waals surface area (Å²) in [4.78, 5) is 23.1. The van der Waals surface area contributed by atoms with Gasteiger partial charge in [0.1, 0.15) is 0 Å². The van der Waals surface area contributed by atoms with E-state index in [0.29, 0.717) is 31.8 Å². The van der Waals surface area contributed by atoms with Crippen LogP contribution in [0.3, 0.4) is 0 Å². The molecule has 2 aromatic rings. The monoisotopic (exact) mass is 338 g/mol. The zero-order chi connectivity index (χ0) is 16.4. The van der Waals surface area contributed by atoms with E-state index in [9.17, 15) is 14.7 Å². The molecule has 1 aliphatic rings. The number of carbonyl (C=O) groups is 1. The summed E-state index contributed by atoms with van der Waals surface area (Å²) in [5, 5.41) is 19.3. The summed E-state index contributed by atoms with van der Waals surface area (Å²) in [6.07, 6.45) is 3.15. The van der Waals surface area contributed by atoms with Crippen LogP contribution >= 0.6 is 11.3 Å². The predicted octanol–water partition coefficient (Wildman–Crippen LogP) is 0.686. The molecular weight excluding hydrogens is 320 g/mol. The van der Waals surface area contributed by atoms with Crippen LogP contribution in [0.1, 0.15) is 24.2 Å². The molecular formula is C14H18N4O4S. The molecule has 1 saturated heterocycles. The molecule has 1 fully saturated rings. The number of aliphatic carboxylic acids is 1. The molecule has 8 nitrogen and oxygen atoms in total. The number of hydrogen-bond acceptors (Lipinski definition) is 6. The van der Waals surface area contributed by atoms with Crippen LogP contribution in [0.4, 0.5) is 0 Å². The summed E-state index contributed by atoms with van der Waals surface area (Å²) in [6, 6.07) is 0.